The molecule has 0 aromatic heterocycles. The minimum absolute atomic E-state index is 0.457. The molecule has 0 amide bonds. The molecule has 1 N–H and O–H groups in total. The van der Waals surface area contributed by atoms with Crippen LogP contribution in [-0.2, 0) is 13.8 Å². The van der Waals surface area contributed by atoms with Gasteiger partial charge in [-0.25, -0.2) is 0 Å². The molecule has 2 aromatic carbocycles. The quantitative estimate of drug-likeness (QED) is 0.696. The third kappa shape index (κ3) is 2.21. The van der Waals surface area contributed by atoms with E-state index in [2.05, 4.69) is 15.9 Å². The van der Waals surface area contributed by atoms with Crippen LogP contribution in [0.15, 0.2) is 60.7 Å². The minimum atomic E-state index is -4.35. The number of rotatable bonds is 3. The fraction of sp³-hybridized carbons (Fsp3) is 0.0769. The average molecular weight is 327 g/mol. The van der Waals surface area contributed by atoms with Gasteiger partial charge in [-0.2, -0.15) is 8.42 Å². The summed E-state index contributed by atoms with van der Waals surface area (Å²) in [7, 11) is -4.35. The maximum atomic E-state index is 11.8. The summed E-state index contributed by atoms with van der Waals surface area (Å²) in [6.45, 7) is 0. The second-order valence-electron chi connectivity index (χ2n) is 3.80. The third-order valence-corrected chi connectivity index (χ3v) is 5.97. The van der Waals surface area contributed by atoms with E-state index in [9.17, 15) is 13.0 Å². The van der Waals surface area contributed by atoms with E-state index in [1.807, 2.05) is 0 Å². The Morgan fingerprint density at radius 1 is 0.833 bits per heavy atom. The normalized spacial score (nSPS) is 12.3. The number of hydrogen-bond acceptors (Lipinski definition) is 2. The molecule has 0 bridgehead atoms. The molecule has 0 radical (unpaired) electrons. The van der Waals surface area contributed by atoms with Crippen LogP contribution in [-0.4, -0.2) is 13.0 Å². The first-order valence-corrected chi connectivity index (χ1v) is 7.46. The largest absolute Gasteiger partial charge is 0.289 e. The van der Waals surface area contributed by atoms with Gasteiger partial charge < -0.3 is 0 Å². The van der Waals surface area contributed by atoms with Crippen LogP contribution in [0.25, 0.3) is 0 Å². The second-order valence-corrected chi connectivity index (χ2v) is 7.08. The molecule has 3 nitrogen and oxygen atoms in total. The van der Waals surface area contributed by atoms with Crippen LogP contribution in [0, 0.1) is 0 Å². The van der Waals surface area contributed by atoms with Gasteiger partial charge in [0.25, 0.3) is 10.1 Å². The van der Waals surface area contributed by atoms with Crippen LogP contribution < -0.4 is 0 Å². The first-order valence-electron chi connectivity index (χ1n) is 5.23. The molecular formula is C13H11BrO3S. The highest BCUT2D eigenvalue weighted by molar-refractivity contribution is 9.11. The van der Waals surface area contributed by atoms with Crippen molar-refractivity contribution in [3.05, 3.63) is 71.8 Å². The summed E-state index contributed by atoms with van der Waals surface area (Å²) in [5, 5.41) is 0. The van der Waals surface area contributed by atoms with Crippen LogP contribution >= 0.6 is 15.9 Å². The predicted octanol–water partition coefficient (Wildman–Crippen LogP) is 3.17. The van der Waals surface area contributed by atoms with Gasteiger partial charge in [0.05, 0.1) is 0 Å². The summed E-state index contributed by atoms with van der Waals surface area (Å²) in [5.74, 6) is 0. The molecule has 5 heteroatoms. The zero-order valence-corrected chi connectivity index (χ0v) is 11.7. The van der Waals surface area contributed by atoms with Gasteiger partial charge >= 0.3 is 0 Å². The topological polar surface area (TPSA) is 54.4 Å². The van der Waals surface area contributed by atoms with Gasteiger partial charge in [0.15, 0.2) is 0 Å². The molecule has 0 aliphatic heterocycles. The van der Waals surface area contributed by atoms with Crippen molar-refractivity contribution >= 4 is 26.0 Å². The standard InChI is InChI=1S/C13H11BrO3S/c14-13(18(15,16)17,11-7-3-1-4-8-11)12-9-5-2-6-10-12/h1-10H,(H,15,16,17). The van der Waals surface area contributed by atoms with E-state index in [0.717, 1.165) is 0 Å². The molecular weight excluding hydrogens is 316 g/mol. The summed E-state index contributed by atoms with van der Waals surface area (Å²) in [4.78, 5) is 0. The monoisotopic (exact) mass is 326 g/mol. The zero-order valence-electron chi connectivity index (χ0n) is 9.32. The lowest BCUT2D eigenvalue weighted by Crippen LogP contribution is -2.30. The van der Waals surface area contributed by atoms with Gasteiger partial charge in [0, 0.05) is 0 Å². The molecule has 0 spiro atoms. The molecule has 0 unspecified atom stereocenters. The maximum Gasteiger partial charge on any atom is 0.289 e. The summed E-state index contributed by atoms with van der Waals surface area (Å²) >= 11 is 3.18. The molecule has 0 aliphatic rings. The summed E-state index contributed by atoms with van der Waals surface area (Å²) in [6.07, 6.45) is 0. The van der Waals surface area contributed by atoms with E-state index < -0.39 is 13.8 Å². The van der Waals surface area contributed by atoms with Crippen molar-refractivity contribution in [1.29, 1.82) is 0 Å². The van der Waals surface area contributed by atoms with Crippen molar-refractivity contribution in [1.82, 2.24) is 0 Å². The van der Waals surface area contributed by atoms with Crippen LogP contribution in [0.3, 0.4) is 0 Å². The SMILES string of the molecule is O=S(=O)(O)C(Br)(c1ccccc1)c1ccccc1. The highest BCUT2D eigenvalue weighted by Crippen LogP contribution is 2.42. The van der Waals surface area contributed by atoms with E-state index in [-0.39, 0.29) is 0 Å². The van der Waals surface area contributed by atoms with Crippen LogP contribution in [0.2, 0.25) is 0 Å². The van der Waals surface area contributed by atoms with Crippen molar-refractivity contribution in [2.45, 2.75) is 3.66 Å². The van der Waals surface area contributed by atoms with Crippen molar-refractivity contribution in [3.8, 4) is 0 Å². The Kier molecular flexibility index (Phi) is 3.56. The van der Waals surface area contributed by atoms with E-state index in [4.69, 9.17) is 0 Å². The number of hydrogen-bond donors (Lipinski definition) is 1. The lowest BCUT2D eigenvalue weighted by Gasteiger charge is -2.25. The smallest absolute Gasteiger partial charge is 0.284 e. The number of benzene rings is 2. The molecule has 0 saturated heterocycles. The lowest BCUT2D eigenvalue weighted by atomic mass is 10.0. The Balaban J connectivity index is 2.72. The molecule has 18 heavy (non-hydrogen) atoms. The Morgan fingerprint density at radius 2 is 1.17 bits per heavy atom. The highest BCUT2D eigenvalue weighted by Gasteiger charge is 2.43. The van der Waals surface area contributed by atoms with Crippen molar-refractivity contribution in [2.75, 3.05) is 0 Å². The summed E-state index contributed by atoms with van der Waals surface area (Å²) in [6, 6.07) is 17.0. The Labute approximate surface area is 114 Å². The minimum Gasteiger partial charge on any atom is -0.284 e. The lowest BCUT2D eigenvalue weighted by molar-refractivity contribution is 0.471. The molecule has 94 valence electrons. The van der Waals surface area contributed by atoms with Gasteiger partial charge in [-0.15, -0.1) is 0 Å². The fourth-order valence-electron chi connectivity index (χ4n) is 1.77. The van der Waals surface area contributed by atoms with Crippen molar-refractivity contribution < 1.29 is 13.0 Å². The molecule has 0 heterocycles. The first kappa shape index (κ1) is 13.3. The van der Waals surface area contributed by atoms with Gasteiger partial charge in [0.1, 0.15) is 0 Å². The molecule has 2 aromatic rings. The number of alkyl halides is 1. The van der Waals surface area contributed by atoms with Crippen LogP contribution in [0.5, 0.6) is 0 Å². The Hall–Kier alpha value is -1.17. The van der Waals surface area contributed by atoms with E-state index >= 15 is 0 Å². The molecule has 0 aliphatic carbocycles. The fourth-order valence-corrected chi connectivity index (χ4v) is 3.17. The van der Waals surface area contributed by atoms with Gasteiger partial charge in [-0.1, -0.05) is 76.6 Å². The van der Waals surface area contributed by atoms with Gasteiger partial charge in [-0.05, 0) is 11.1 Å². The molecule has 0 saturated carbocycles. The molecule has 2 rings (SSSR count). The third-order valence-electron chi connectivity index (χ3n) is 2.65. The summed E-state index contributed by atoms with van der Waals surface area (Å²) < 4.78 is 31.5. The summed E-state index contributed by atoms with van der Waals surface area (Å²) in [5.41, 5.74) is 0.914. The predicted molar refractivity (Wildman–Crippen MR) is 74.1 cm³/mol. The van der Waals surface area contributed by atoms with Crippen molar-refractivity contribution in [2.24, 2.45) is 0 Å². The van der Waals surface area contributed by atoms with E-state index in [1.54, 1.807) is 60.7 Å². The second kappa shape index (κ2) is 4.84. The van der Waals surface area contributed by atoms with Crippen molar-refractivity contribution in [3.63, 3.8) is 0 Å². The van der Waals surface area contributed by atoms with E-state index in [0.29, 0.717) is 11.1 Å². The maximum absolute atomic E-state index is 11.8. The van der Waals surface area contributed by atoms with E-state index in [1.165, 1.54) is 0 Å². The average Bonchev–Trinajstić information content (AvgIpc) is 2.38. The van der Waals surface area contributed by atoms with Crippen LogP contribution in [0.1, 0.15) is 11.1 Å². The molecule has 0 fully saturated rings. The Morgan fingerprint density at radius 3 is 1.44 bits per heavy atom. The van der Waals surface area contributed by atoms with Gasteiger partial charge in [0.2, 0.25) is 3.66 Å². The van der Waals surface area contributed by atoms with Crippen LogP contribution in [0.4, 0.5) is 0 Å². The first-order chi connectivity index (χ1) is 8.46. The zero-order chi connectivity index (χ0) is 13.2. The molecule has 0 atom stereocenters. The number of halogens is 1. The highest BCUT2D eigenvalue weighted by atomic mass is 79.9. The van der Waals surface area contributed by atoms with Gasteiger partial charge in [-0.3, -0.25) is 4.55 Å². The Bertz CT molecular complexity index is 584.